The van der Waals surface area contributed by atoms with Crippen molar-refractivity contribution in [2.75, 3.05) is 4.90 Å². The van der Waals surface area contributed by atoms with Gasteiger partial charge in [-0.15, -0.1) is 0 Å². The second-order valence-corrected chi connectivity index (χ2v) is 8.50. The Balaban J connectivity index is 1.79. The van der Waals surface area contributed by atoms with E-state index in [1.165, 1.54) is 23.1 Å². The first kappa shape index (κ1) is 25.4. The van der Waals surface area contributed by atoms with Crippen LogP contribution in [0, 0.1) is 33.2 Å². The maximum absolute atomic E-state index is 13.9. The smallest absolute Gasteiger partial charge is 0.390 e. The SMILES string of the molecule is CCCC(=O)N(Cc1ccc2c(c1)COc1cc(F)ccc1/C2=C(/C)C#N)c1ccc(F)nc1[N+](=O)[O-]. The van der Waals surface area contributed by atoms with Gasteiger partial charge in [0, 0.05) is 35.3 Å². The van der Waals surface area contributed by atoms with Crippen LogP contribution in [0.3, 0.4) is 0 Å². The molecule has 0 saturated carbocycles. The van der Waals surface area contributed by atoms with E-state index in [2.05, 4.69) is 11.1 Å². The van der Waals surface area contributed by atoms with Gasteiger partial charge in [-0.3, -0.25) is 4.79 Å². The van der Waals surface area contributed by atoms with E-state index in [0.717, 1.165) is 6.07 Å². The van der Waals surface area contributed by atoms with Crippen molar-refractivity contribution in [2.45, 2.75) is 39.8 Å². The number of rotatable bonds is 6. The van der Waals surface area contributed by atoms with Crippen molar-refractivity contribution in [3.05, 3.63) is 98.2 Å². The summed E-state index contributed by atoms with van der Waals surface area (Å²) in [7, 11) is 0. The number of amides is 1. The van der Waals surface area contributed by atoms with E-state index in [-0.39, 0.29) is 31.2 Å². The Morgan fingerprint density at radius 1 is 1.19 bits per heavy atom. The monoisotopic (exact) mass is 504 g/mol. The van der Waals surface area contributed by atoms with Gasteiger partial charge in [0.15, 0.2) is 0 Å². The van der Waals surface area contributed by atoms with Crippen LogP contribution in [-0.4, -0.2) is 15.8 Å². The molecule has 4 rings (SSSR count). The average molecular weight is 504 g/mol. The Kier molecular flexibility index (Phi) is 7.25. The number of aromatic nitrogens is 1. The Hall–Kier alpha value is -4.65. The lowest BCUT2D eigenvalue weighted by Crippen LogP contribution is -2.31. The van der Waals surface area contributed by atoms with E-state index in [0.29, 0.717) is 45.6 Å². The standard InChI is InChI=1S/C27H22F2N4O4/c1-3-4-25(34)32(22-9-10-24(29)31-27(22)33(35)36)14-17-5-7-20-18(11-17)15-37-23-12-19(28)6-8-21(23)26(20)16(2)13-30/h5-12H,3-4,14-15H2,1-2H3/b26-16-. The van der Waals surface area contributed by atoms with E-state index >= 15 is 0 Å². The van der Waals surface area contributed by atoms with Gasteiger partial charge in [-0.1, -0.05) is 19.1 Å². The fraction of sp³-hybridized carbons (Fsp3) is 0.222. The number of benzene rings is 2. The summed E-state index contributed by atoms with van der Waals surface area (Å²) in [6.07, 6.45) is 0.629. The topological polar surface area (TPSA) is 109 Å². The van der Waals surface area contributed by atoms with Crippen molar-refractivity contribution < 1.29 is 23.2 Å². The summed E-state index contributed by atoms with van der Waals surface area (Å²) in [5.41, 5.74) is 3.52. The molecule has 8 nitrogen and oxygen atoms in total. The quantitative estimate of drug-likeness (QED) is 0.181. The number of anilines is 1. The third kappa shape index (κ3) is 5.16. The molecule has 1 amide bonds. The average Bonchev–Trinajstić information content (AvgIpc) is 3.03. The minimum atomic E-state index is -1.02. The first-order valence-corrected chi connectivity index (χ1v) is 11.5. The summed E-state index contributed by atoms with van der Waals surface area (Å²) in [6, 6.07) is 13.7. The number of nitro groups is 1. The molecule has 1 aromatic heterocycles. The molecule has 0 unspecified atom stereocenters. The molecule has 3 aromatic rings. The Bertz CT molecular complexity index is 1480. The van der Waals surface area contributed by atoms with Gasteiger partial charge in [0.1, 0.15) is 23.9 Å². The number of halogens is 2. The molecule has 0 fully saturated rings. The van der Waals surface area contributed by atoms with Crippen LogP contribution in [0.5, 0.6) is 5.75 Å². The van der Waals surface area contributed by atoms with E-state index in [4.69, 9.17) is 4.74 Å². The number of pyridine rings is 1. The molecule has 10 heteroatoms. The molecule has 0 spiro atoms. The van der Waals surface area contributed by atoms with Crippen molar-refractivity contribution >= 4 is 23.0 Å². The third-order valence-electron chi connectivity index (χ3n) is 5.97. The molecule has 2 aromatic carbocycles. The van der Waals surface area contributed by atoms with Gasteiger partial charge < -0.3 is 19.8 Å². The molecule has 0 saturated heterocycles. The zero-order valence-electron chi connectivity index (χ0n) is 20.1. The van der Waals surface area contributed by atoms with Crippen LogP contribution in [0.4, 0.5) is 20.3 Å². The third-order valence-corrected chi connectivity index (χ3v) is 5.97. The maximum atomic E-state index is 13.9. The highest BCUT2D eigenvalue weighted by Gasteiger charge is 2.28. The molecule has 1 aliphatic heterocycles. The number of fused-ring (bicyclic) bond motifs is 2. The van der Waals surface area contributed by atoms with Gasteiger partial charge in [0.25, 0.3) is 0 Å². The highest BCUT2D eigenvalue weighted by Crippen LogP contribution is 2.39. The summed E-state index contributed by atoms with van der Waals surface area (Å²) in [5, 5.41) is 21.2. The highest BCUT2D eigenvalue weighted by atomic mass is 19.1. The van der Waals surface area contributed by atoms with Gasteiger partial charge >= 0.3 is 11.8 Å². The summed E-state index contributed by atoms with van der Waals surface area (Å²) < 4.78 is 33.4. The lowest BCUT2D eigenvalue weighted by atomic mass is 9.90. The van der Waals surface area contributed by atoms with E-state index in [1.807, 2.05) is 0 Å². The molecule has 0 bridgehead atoms. The van der Waals surface area contributed by atoms with Crippen molar-refractivity contribution in [2.24, 2.45) is 0 Å². The van der Waals surface area contributed by atoms with E-state index in [1.54, 1.807) is 38.1 Å². The van der Waals surface area contributed by atoms with Gasteiger partial charge in [-0.2, -0.15) is 9.65 Å². The first-order chi connectivity index (χ1) is 17.7. The number of ether oxygens (including phenoxy) is 1. The van der Waals surface area contributed by atoms with Crippen LogP contribution in [0.1, 0.15) is 48.9 Å². The van der Waals surface area contributed by atoms with Crippen LogP contribution in [0.15, 0.2) is 54.1 Å². The molecular formula is C27H22F2N4O4. The van der Waals surface area contributed by atoms with Crippen LogP contribution < -0.4 is 9.64 Å². The van der Waals surface area contributed by atoms with Crippen molar-refractivity contribution in [3.63, 3.8) is 0 Å². The number of nitriles is 1. The van der Waals surface area contributed by atoms with E-state index in [9.17, 15) is 29.0 Å². The summed E-state index contributed by atoms with van der Waals surface area (Å²) in [5.74, 6) is -2.33. The van der Waals surface area contributed by atoms with Crippen molar-refractivity contribution in [1.82, 2.24) is 4.98 Å². The van der Waals surface area contributed by atoms with Crippen LogP contribution in [0.25, 0.3) is 5.57 Å². The highest BCUT2D eigenvalue weighted by molar-refractivity contribution is 5.95. The number of carbonyl (C=O) groups is 1. The molecule has 2 heterocycles. The Morgan fingerprint density at radius 3 is 2.65 bits per heavy atom. The zero-order chi connectivity index (χ0) is 26.7. The number of hydrogen-bond donors (Lipinski definition) is 0. The molecule has 0 atom stereocenters. The minimum absolute atomic E-state index is 0.0435. The summed E-state index contributed by atoms with van der Waals surface area (Å²) in [6.45, 7) is 3.50. The predicted octanol–water partition coefficient (Wildman–Crippen LogP) is 5.84. The summed E-state index contributed by atoms with van der Waals surface area (Å²) in [4.78, 5) is 28.3. The second kappa shape index (κ2) is 10.5. The van der Waals surface area contributed by atoms with Gasteiger partial charge in [0.2, 0.25) is 5.91 Å². The Labute approximate surface area is 211 Å². The van der Waals surface area contributed by atoms with Gasteiger partial charge in [-0.05, 0) is 64.2 Å². The van der Waals surface area contributed by atoms with E-state index < -0.39 is 22.5 Å². The fourth-order valence-electron chi connectivity index (χ4n) is 4.29. The summed E-state index contributed by atoms with van der Waals surface area (Å²) >= 11 is 0. The number of carbonyl (C=O) groups excluding carboxylic acids is 1. The number of nitrogens with zero attached hydrogens (tertiary/aromatic N) is 4. The largest absolute Gasteiger partial charge is 0.488 e. The molecular weight excluding hydrogens is 482 g/mol. The molecule has 188 valence electrons. The second-order valence-electron chi connectivity index (χ2n) is 8.50. The number of hydrogen-bond acceptors (Lipinski definition) is 6. The van der Waals surface area contributed by atoms with Crippen LogP contribution in [-0.2, 0) is 17.9 Å². The zero-order valence-corrected chi connectivity index (χ0v) is 20.1. The van der Waals surface area contributed by atoms with Crippen molar-refractivity contribution in [3.8, 4) is 11.8 Å². The van der Waals surface area contributed by atoms with Crippen LogP contribution >= 0.6 is 0 Å². The van der Waals surface area contributed by atoms with Gasteiger partial charge in [0.05, 0.1) is 12.6 Å². The van der Waals surface area contributed by atoms with Crippen molar-refractivity contribution in [1.29, 1.82) is 5.26 Å². The molecule has 0 aliphatic carbocycles. The lowest BCUT2D eigenvalue weighted by Gasteiger charge is -2.23. The normalized spacial score (nSPS) is 13.4. The molecule has 0 N–H and O–H groups in total. The minimum Gasteiger partial charge on any atom is -0.488 e. The molecule has 1 aliphatic rings. The van der Waals surface area contributed by atoms with Gasteiger partial charge in [-0.25, -0.2) is 4.39 Å². The predicted molar refractivity (Wildman–Crippen MR) is 131 cm³/mol. The Morgan fingerprint density at radius 2 is 1.95 bits per heavy atom. The molecule has 37 heavy (non-hydrogen) atoms. The lowest BCUT2D eigenvalue weighted by molar-refractivity contribution is -0.389. The maximum Gasteiger partial charge on any atom is 0.390 e. The fourth-order valence-corrected chi connectivity index (χ4v) is 4.29. The molecule has 0 radical (unpaired) electrons. The van der Waals surface area contributed by atoms with Crippen LogP contribution in [0.2, 0.25) is 0 Å². The number of allylic oxidation sites excluding steroid dienone is 1. The first-order valence-electron chi connectivity index (χ1n) is 11.5.